The minimum absolute atomic E-state index is 0.244. The monoisotopic (exact) mass is 297 g/mol. The summed E-state index contributed by atoms with van der Waals surface area (Å²) in [5.41, 5.74) is 0.808. The Hall–Kier alpha value is -1.69. The number of aryl methyl sites for hydroxylation is 1. The van der Waals surface area contributed by atoms with E-state index in [0.29, 0.717) is 10.2 Å². The van der Waals surface area contributed by atoms with Gasteiger partial charge in [-0.2, -0.15) is 5.10 Å². The summed E-state index contributed by atoms with van der Waals surface area (Å²) in [7, 11) is 1.74. The topological polar surface area (TPSA) is 46.9 Å². The van der Waals surface area contributed by atoms with Gasteiger partial charge in [0.25, 0.3) is 5.91 Å². The van der Waals surface area contributed by atoms with Crippen molar-refractivity contribution in [3.8, 4) is 0 Å². The first kappa shape index (κ1) is 11.8. The molecule has 0 radical (unpaired) electrons. The van der Waals surface area contributed by atoms with E-state index in [4.69, 9.17) is 0 Å². The zero-order chi connectivity index (χ0) is 12.4. The summed E-state index contributed by atoms with van der Waals surface area (Å²) in [5, 5.41) is 6.55. The first-order valence-electron chi connectivity index (χ1n) is 4.81. The summed E-state index contributed by atoms with van der Waals surface area (Å²) in [6.45, 7) is 0. The van der Waals surface area contributed by atoms with Crippen LogP contribution in [-0.2, 0) is 7.05 Å². The zero-order valence-electron chi connectivity index (χ0n) is 8.95. The summed E-state index contributed by atoms with van der Waals surface area (Å²) < 4.78 is 15.1. The van der Waals surface area contributed by atoms with Crippen molar-refractivity contribution in [3.63, 3.8) is 0 Å². The van der Waals surface area contributed by atoms with Gasteiger partial charge in [-0.15, -0.1) is 0 Å². The molecular weight excluding hydrogens is 289 g/mol. The molecule has 0 aliphatic heterocycles. The largest absolute Gasteiger partial charge is 0.319 e. The van der Waals surface area contributed by atoms with Crippen LogP contribution in [0.1, 0.15) is 10.4 Å². The summed E-state index contributed by atoms with van der Waals surface area (Å²) >= 11 is 3.20. The number of hydrogen-bond donors (Lipinski definition) is 1. The van der Waals surface area contributed by atoms with Crippen molar-refractivity contribution in [2.24, 2.45) is 7.05 Å². The molecule has 1 heterocycles. The van der Waals surface area contributed by atoms with E-state index < -0.39 is 5.82 Å². The van der Waals surface area contributed by atoms with Gasteiger partial charge in [-0.25, -0.2) is 4.39 Å². The van der Waals surface area contributed by atoms with E-state index in [1.807, 2.05) is 0 Å². The summed E-state index contributed by atoms with van der Waals surface area (Å²) in [4.78, 5) is 11.9. The molecule has 0 saturated heterocycles. The average Bonchev–Trinajstić information content (AvgIpc) is 2.67. The maximum atomic E-state index is 13.0. The fourth-order valence-electron chi connectivity index (χ4n) is 1.36. The number of benzene rings is 1. The van der Waals surface area contributed by atoms with E-state index in [-0.39, 0.29) is 11.5 Å². The molecule has 0 aliphatic carbocycles. The molecule has 6 heteroatoms. The van der Waals surface area contributed by atoms with Gasteiger partial charge in [0.1, 0.15) is 5.82 Å². The van der Waals surface area contributed by atoms with Crippen molar-refractivity contribution in [3.05, 3.63) is 46.4 Å². The predicted octanol–water partition coefficient (Wildman–Crippen LogP) is 2.57. The van der Waals surface area contributed by atoms with Crippen LogP contribution in [0, 0.1) is 5.82 Å². The first-order valence-corrected chi connectivity index (χ1v) is 5.60. The Balaban J connectivity index is 2.22. The van der Waals surface area contributed by atoms with E-state index in [2.05, 4.69) is 26.3 Å². The van der Waals surface area contributed by atoms with Gasteiger partial charge in [0.05, 0.1) is 17.4 Å². The molecule has 0 aliphatic rings. The van der Waals surface area contributed by atoms with Crippen LogP contribution >= 0.6 is 15.9 Å². The number of carbonyl (C=O) groups excluding carboxylic acids is 1. The molecule has 0 unspecified atom stereocenters. The fourth-order valence-corrected chi connectivity index (χ4v) is 1.78. The number of hydrogen-bond acceptors (Lipinski definition) is 2. The van der Waals surface area contributed by atoms with Gasteiger partial charge >= 0.3 is 0 Å². The van der Waals surface area contributed by atoms with Crippen LogP contribution in [0.3, 0.4) is 0 Å². The summed E-state index contributed by atoms with van der Waals surface area (Å²) in [5.74, 6) is -0.839. The Labute approximate surface area is 106 Å². The molecule has 4 nitrogen and oxygen atoms in total. The smallest absolute Gasteiger partial charge is 0.256 e. The molecule has 88 valence electrons. The van der Waals surface area contributed by atoms with Gasteiger partial charge in [0.2, 0.25) is 0 Å². The zero-order valence-corrected chi connectivity index (χ0v) is 10.5. The highest BCUT2D eigenvalue weighted by Gasteiger charge is 2.11. The minimum Gasteiger partial charge on any atom is -0.319 e. The quantitative estimate of drug-likeness (QED) is 0.926. The molecule has 1 amide bonds. The van der Waals surface area contributed by atoms with Crippen LogP contribution in [-0.4, -0.2) is 15.7 Å². The van der Waals surface area contributed by atoms with Crippen LogP contribution in [0.4, 0.5) is 10.1 Å². The standard InChI is InChI=1S/C11H9BrFN3O/c1-16-6-8(5-14-16)15-11(17)9-4-7(13)2-3-10(9)12/h2-6H,1H3,(H,15,17). The third-order valence-electron chi connectivity index (χ3n) is 2.14. The van der Waals surface area contributed by atoms with Crippen molar-refractivity contribution >= 4 is 27.5 Å². The normalized spacial score (nSPS) is 10.3. The SMILES string of the molecule is Cn1cc(NC(=O)c2cc(F)ccc2Br)cn1. The maximum absolute atomic E-state index is 13.0. The molecule has 0 saturated carbocycles. The summed E-state index contributed by atoms with van der Waals surface area (Å²) in [6, 6.07) is 3.95. The Bertz CT molecular complexity index is 568. The maximum Gasteiger partial charge on any atom is 0.256 e. The highest BCUT2D eigenvalue weighted by Crippen LogP contribution is 2.19. The lowest BCUT2D eigenvalue weighted by Crippen LogP contribution is -2.12. The Kier molecular flexibility index (Phi) is 3.23. The Morgan fingerprint density at radius 2 is 2.29 bits per heavy atom. The number of aromatic nitrogens is 2. The molecule has 1 aromatic heterocycles. The number of anilines is 1. The Morgan fingerprint density at radius 3 is 2.94 bits per heavy atom. The first-order chi connectivity index (χ1) is 8.06. The van der Waals surface area contributed by atoms with Crippen molar-refractivity contribution < 1.29 is 9.18 Å². The van der Waals surface area contributed by atoms with Gasteiger partial charge in [0.15, 0.2) is 0 Å². The van der Waals surface area contributed by atoms with Crippen molar-refractivity contribution in [2.45, 2.75) is 0 Å². The highest BCUT2D eigenvalue weighted by molar-refractivity contribution is 9.10. The summed E-state index contributed by atoms with van der Waals surface area (Å²) in [6.07, 6.45) is 3.18. The lowest BCUT2D eigenvalue weighted by Gasteiger charge is -2.04. The third-order valence-corrected chi connectivity index (χ3v) is 2.83. The van der Waals surface area contributed by atoms with Crippen molar-refractivity contribution in [2.75, 3.05) is 5.32 Å². The molecule has 1 aromatic carbocycles. The van der Waals surface area contributed by atoms with Crippen molar-refractivity contribution in [1.29, 1.82) is 0 Å². The number of halogens is 2. The van der Waals surface area contributed by atoms with E-state index >= 15 is 0 Å². The molecular formula is C11H9BrFN3O. The van der Waals surface area contributed by atoms with Crippen LogP contribution < -0.4 is 5.32 Å². The molecule has 0 bridgehead atoms. The van der Waals surface area contributed by atoms with Crippen LogP contribution in [0.25, 0.3) is 0 Å². The van der Waals surface area contributed by atoms with E-state index in [0.717, 1.165) is 0 Å². The number of amides is 1. The lowest BCUT2D eigenvalue weighted by molar-refractivity contribution is 0.102. The number of nitrogens with one attached hydrogen (secondary N) is 1. The molecule has 0 spiro atoms. The molecule has 2 aromatic rings. The Morgan fingerprint density at radius 1 is 1.53 bits per heavy atom. The molecule has 0 atom stereocenters. The second kappa shape index (κ2) is 4.67. The van der Waals surface area contributed by atoms with Gasteiger partial charge in [0, 0.05) is 17.7 Å². The van der Waals surface area contributed by atoms with Crippen LogP contribution in [0.5, 0.6) is 0 Å². The average molecular weight is 298 g/mol. The predicted molar refractivity (Wildman–Crippen MR) is 65.3 cm³/mol. The second-order valence-electron chi connectivity index (χ2n) is 3.48. The van der Waals surface area contributed by atoms with E-state index in [1.54, 1.807) is 17.9 Å². The molecule has 17 heavy (non-hydrogen) atoms. The van der Waals surface area contributed by atoms with Gasteiger partial charge in [-0.3, -0.25) is 9.48 Å². The number of carbonyl (C=O) groups is 1. The third kappa shape index (κ3) is 2.71. The second-order valence-corrected chi connectivity index (χ2v) is 4.34. The van der Waals surface area contributed by atoms with Gasteiger partial charge in [-0.1, -0.05) is 0 Å². The molecule has 1 N–H and O–H groups in total. The highest BCUT2D eigenvalue weighted by atomic mass is 79.9. The lowest BCUT2D eigenvalue weighted by atomic mass is 10.2. The van der Waals surface area contributed by atoms with Gasteiger partial charge in [-0.05, 0) is 34.1 Å². The molecule has 2 rings (SSSR count). The fraction of sp³-hybridized carbons (Fsp3) is 0.0909. The number of nitrogens with zero attached hydrogens (tertiary/aromatic N) is 2. The van der Waals surface area contributed by atoms with Crippen LogP contribution in [0.2, 0.25) is 0 Å². The van der Waals surface area contributed by atoms with Gasteiger partial charge < -0.3 is 5.32 Å². The van der Waals surface area contributed by atoms with E-state index in [9.17, 15) is 9.18 Å². The minimum atomic E-state index is -0.454. The number of rotatable bonds is 2. The van der Waals surface area contributed by atoms with Crippen molar-refractivity contribution in [1.82, 2.24) is 9.78 Å². The molecule has 0 fully saturated rings. The van der Waals surface area contributed by atoms with Crippen LogP contribution in [0.15, 0.2) is 35.1 Å². The van der Waals surface area contributed by atoms with E-state index in [1.165, 1.54) is 24.4 Å².